The molecular weight excluding hydrogens is 196 g/mol. The number of rotatable bonds is 4. The summed E-state index contributed by atoms with van der Waals surface area (Å²) in [4.78, 5) is 11.6. The van der Waals surface area contributed by atoms with Crippen LogP contribution in [-0.4, -0.2) is 30.0 Å². The quantitative estimate of drug-likeness (QED) is 0.746. The summed E-state index contributed by atoms with van der Waals surface area (Å²) in [6.45, 7) is 8.66. The summed E-state index contributed by atoms with van der Waals surface area (Å²) in [7, 11) is 0. The van der Waals surface area contributed by atoms with Gasteiger partial charge in [0.05, 0.1) is 6.04 Å². The van der Waals surface area contributed by atoms with Crippen molar-refractivity contribution in [1.29, 1.82) is 0 Å². The maximum absolute atomic E-state index is 11.6. The molecule has 0 saturated heterocycles. The molecule has 0 aromatic heterocycles. The molecular formula is C10H22N2OS. The van der Waals surface area contributed by atoms with E-state index in [1.165, 1.54) is 0 Å². The summed E-state index contributed by atoms with van der Waals surface area (Å²) < 4.78 is 0. The first kappa shape index (κ1) is 13.8. The second kappa shape index (κ2) is 5.61. The lowest BCUT2D eigenvalue weighted by Gasteiger charge is -2.26. The highest BCUT2D eigenvalue weighted by Gasteiger charge is 2.27. The molecule has 2 unspecified atom stereocenters. The molecule has 0 fully saturated rings. The number of amides is 1. The fourth-order valence-electron chi connectivity index (χ4n) is 0.831. The van der Waals surface area contributed by atoms with E-state index in [1.54, 1.807) is 11.8 Å². The summed E-state index contributed by atoms with van der Waals surface area (Å²) in [5.41, 5.74) is 5.63. The van der Waals surface area contributed by atoms with Crippen LogP contribution in [0.1, 0.15) is 27.7 Å². The minimum atomic E-state index is -0.434. The molecule has 0 spiro atoms. The largest absolute Gasteiger partial charge is 0.354 e. The van der Waals surface area contributed by atoms with Crippen molar-refractivity contribution in [3.63, 3.8) is 0 Å². The van der Waals surface area contributed by atoms with Crippen LogP contribution in [0.25, 0.3) is 0 Å². The van der Waals surface area contributed by atoms with Gasteiger partial charge in [-0.05, 0) is 11.7 Å². The summed E-state index contributed by atoms with van der Waals surface area (Å²) in [5.74, 6) is -0.0570. The third-order valence-electron chi connectivity index (χ3n) is 2.18. The Balaban J connectivity index is 3.97. The zero-order chi connectivity index (χ0) is 11.4. The van der Waals surface area contributed by atoms with Crippen LogP contribution in [-0.2, 0) is 4.79 Å². The van der Waals surface area contributed by atoms with E-state index in [0.29, 0.717) is 11.8 Å². The smallest absolute Gasteiger partial charge is 0.237 e. The summed E-state index contributed by atoms with van der Waals surface area (Å²) in [5, 5.41) is 3.29. The lowest BCUT2D eigenvalue weighted by Crippen LogP contribution is -2.49. The van der Waals surface area contributed by atoms with Gasteiger partial charge in [0.2, 0.25) is 5.91 Å². The molecule has 2 atom stereocenters. The van der Waals surface area contributed by atoms with E-state index in [2.05, 4.69) is 12.2 Å². The molecule has 0 saturated carbocycles. The highest BCUT2D eigenvalue weighted by atomic mass is 32.2. The molecule has 14 heavy (non-hydrogen) atoms. The molecule has 0 aliphatic heterocycles. The Bertz CT molecular complexity index is 189. The Labute approximate surface area is 91.2 Å². The fraction of sp³-hybridized carbons (Fsp3) is 0.900. The zero-order valence-corrected chi connectivity index (χ0v) is 10.6. The number of carbonyl (C=O) groups is 1. The van der Waals surface area contributed by atoms with E-state index < -0.39 is 6.04 Å². The highest BCUT2D eigenvalue weighted by Crippen LogP contribution is 2.17. The highest BCUT2D eigenvalue weighted by molar-refractivity contribution is 7.99. The van der Waals surface area contributed by atoms with E-state index in [9.17, 15) is 4.79 Å². The minimum Gasteiger partial charge on any atom is -0.354 e. The number of hydrogen-bond donors (Lipinski definition) is 2. The van der Waals surface area contributed by atoms with Gasteiger partial charge in [-0.15, -0.1) is 0 Å². The first-order chi connectivity index (χ1) is 6.29. The summed E-state index contributed by atoms with van der Waals surface area (Å²) in [6, 6.07) is -0.434. The molecule has 3 nitrogen and oxygen atoms in total. The van der Waals surface area contributed by atoms with Gasteiger partial charge in [-0.2, -0.15) is 11.8 Å². The molecule has 4 heteroatoms. The van der Waals surface area contributed by atoms with Crippen molar-refractivity contribution in [3.8, 4) is 0 Å². The Morgan fingerprint density at radius 1 is 1.50 bits per heavy atom. The predicted molar refractivity (Wildman–Crippen MR) is 63.4 cm³/mol. The van der Waals surface area contributed by atoms with Gasteiger partial charge in [0.15, 0.2) is 0 Å². The molecule has 3 N–H and O–H groups in total. The summed E-state index contributed by atoms with van der Waals surface area (Å²) >= 11 is 1.73. The Morgan fingerprint density at radius 3 is 2.36 bits per heavy atom. The minimum absolute atomic E-state index is 0.0570. The van der Waals surface area contributed by atoms with E-state index >= 15 is 0 Å². The van der Waals surface area contributed by atoms with Crippen LogP contribution in [0.2, 0.25) is 0 Å². The number of thioether (sulfide) groups is 1. The van der Waals surface area contributed by atoms with E-state index in [4.69, 9.17) is 5.73 Å². The number of carbonyl (C=O) groups excluding carboxylic acids is 1. The van der Waals surface area contributed by atoms with Gasteiger partial charge in [-0.1, -0.05) is 27.7 Å². The summed E-state index contributed by atoms with van der Waals surface area (Å²) in [6.07, 6.45) is 2.03. The third kappa shape index (κ3) is 4.86. The molecule has 0 aromatic rings. The van der Waals surface area contributed by atoms with Gasteiger partial charge in [-0.25, -0.2) is 0 Å². The van der Waals surface area contributed by atoms with Crippen LogP contribution in [0.15, 0.2) is 0 Å². The maximum Gasteiger partial charge on any atom is 0.237 e. The van der Waals surface area contributed by atoms with Gasteiger partial charge >= 0.3 is 0 Å². The van der Waals surface area contributed by atoms with Gasteiger partial charge in [0, 0.05) is 11.8 Å². The van der Waals surface area contributed by atoms with Crippen molar-refractivity contribution in [2.75, 3.05) is 12.8 Å². The van der Waals surface area contributed by atoms with Gasteiger partial charge in [0.1, 0.15) is 0 Å². The molecule has 0 aromatic carbocycles. The number of hydrogen-bond acceptors (Lipinski definition) is 3. The van der Waals surface area contributed by atoms with Crippen LogP contribution in [0, 0.1) is 5.41 Å². The molecule has 1 amide bonds. The predicted octanol–water partition coefficient (Wildman–Crippen LogP) is 1.23. The van der Waals surface area contributed by atoms with E-state index in [0.717, 1.165) is 0 Å². The van der Waals surface area contributed by atoms with Crippen molar-refractivity contribution < 1.29 is 4.79 Å². The van der Waals surface area contributed by atoms with Gasteiger partial charge in [0.25, 0.3) is 0 Å². The van der Waals surface area contributed by atoms with Crippen molar-refractivity contribution in [3.05, 3.63) is 0 Å². The van der Waals surface area contributed by atoms with Crippen LogP contribution in [0.5, 0.6) is 0 Å². The fourth-order valence-corrected chi connectivity index (χ4v) is 1.08. The topological polar surface area (TPSA) is 55.1 Å². The van der Waals surface area contributed by atoms with Crippen LogP contribution in [0.3, 0.4) is 0 Å². The van der Waals surface area contributed by atoms with E-state index in [-0.39, 0.29) is 11.3 Å². The normalized spacial score (nSPS) is 16.1. The average Bonchev–Trinajstić information content (AvgIpc) is 2.10. The first-order valence-corrected chi connectivity index (χ1v) is 6.14. The lowest BCUT2D eigenvalue weighted by atomic mass is 9.87. The van der Waals surface area contributed by atoms with Crippen molar-refractivity contribution >= 4 is 17.7 Å². The molecule has 0 rings (SSSR count). The van der Waals surface area contributed by atoms with Crippen molar-refractivity contribution in [1.82, 2.24) is 5.32 Å². The van der Waals surface area contributed by atoms with Crippen LogP contribution < -0.4 is 11.1 Å². The second-order valence-corrected chi connectivity index (χ2v) is 5.91. The Kier molecular flexibility index (Phi) is 5.52. The molecule has 84 valence electrons. The standard InChI is InChI=1S/C10H22N2OS/c1-7(14-5)6-12-9(13)8(11)10(2,3)4/h7-8H,6,11H2,1-5H3,(H,12,13). The maximum atomic E-state index is 11.6. The first-order valence-electron chi connectivity index (χ1n) is 4.85. The van der Waals surface area contributed by atoms with Gasteiger partial charge in [-0.3, -0.25) is 4.79 Å². The molecule has 0 aliphatic carbocycles. The van der Waals surface area contributed by atoms with Crippen LogP contribution >= 0.6 is 11.8 Å². The van der Waals surface area contributed by atoms with E-state index in [1.807, 2.05) is 27.0 Å². The number of nitrogens with two attached hydrogens (primary N) is 1. The molecule has 0 heterocycles. The molecule has 0 radical (unpaired) electrons. The molecule has 0 aliphatic rings. The molecule has 0 bridgehead atoms. The van der Waals surface area contributed by atoms with Gasteiger partial charge < -0.3 is 11.1 Å². The van der Waals surface area contributed by atoms with Crippen molar-refractivity contribution in [2.45, 2.75) is 39.0 Å². The monoisotopic (exact) mass is 218 g/mol. The third-order valence-corrected chi connectivity index (χ3v) is 3.15. The second-order valence-electron chi connectivity index (χ2n) is 4.64. The lowest BCUT2D eigenvalue weighted by molar-refractivity contribution is -0.124. The Morgan fingerprint density at radius 2 is 2.00 bits per heavy atom. The Hall–Kier alpha value is -0.220. The van der Waals surface area contributed by atoms with Crippen LogP contribution in [0.4, 0.5) is 0 Å². The van der Waals surface area contributed by atoms with Crippen molar-refractivity contribution in [2.24, 2.45) is 11.1 Å². The average molecular weight is 218 g/mol. The SMILES string of the molecule is CSC(C)CNC(=O)C(N)C(C)(C)C. The number of nitrogens with one attached hydrogen (secondary N) is 1. The zero-order valence-electron chi connectivity index (χ0n) is 9.76.